The van der Waals surface area contributed by atoms with Gasteiger partial charge in [-0.15, -0.1) is 0 Å². The number of nitrogens with one attached hydrogen (secondary N) is 1. The molecule has 0 aromatic heterocycles. The topological polar surface area (TPSA) is 97.1 Å². The number of rotatable bonds is 17. The Morgan fingerprint density at radius 2 is 1.98 bits per heavy atom. The van der Waals surface area contributed by atoms with Crippen LogP contribution in [0.2, 0.25) is 0 Å². The zero-order valence-electron chi connectivity index (χ0n) is 29.0. The van der Waals surface area contributed by atoms with Crippen molar-refractivity contribution in [2.75, 3.05) is 26.7 Å². The first kappa shape index (κ1) is 39.2. The lowest BCUT2D eigenvalue weighted by Gasteiger charge is -2.31. The molecular formula is C37H57ClN4O4. The van der Waals surface area contributed by atoms with E-state index >= 15 is 0 Å². The van der Waals surface area contributed by atoms with E-state index in [0.717, 1.165) is 74.0 Å². The Balaban J connectivity index is 2.50. The third kappa shape index (κ3) is 13.8. The summed E-state index contributed by atoms with van der Waals surface area (Å²) in [6.07, 6.45) is 19.2. The smallest absolute Gasteiger partial charge is 0.234 e. The van der Waals surface area contributed by atoms with Crippen LogP contribution >= 0.6 is 11.6 Å². The van der Waals surface area contributed by atoms with Crippen LogP contribution in [0.15, 0.2) is 75.4 Å². The van der Waals surface area contributed by atoms with Crippen molar-refractivity contribution >= 4 is 23.3 Å². The van der Waals surface area contributed by atoms with Gasteiger partial charge < -0.3 is 15.0 Å². The summed E-state index contributed by atoms with van der Waals surface area (Å²) in [5, 5.41) is 16.1. The summed E-state index contributed by atoms with van der Waals surface area (Å²) in [5.41, 5.74) is 4.17. The lowest BCUT2D eigenvalue weighted by Crippen LogP contribution is -2.50. The van der Waals surface area contributed by atoms with Crippen LogP contribution in [0.3, 0.4) is 0 Å². The Kier molecular flexibility index (Phi) is 17.9. The molecule has 9 heteroatoms. The zero-order valence-corrected chi connectivity index (χ0v) is 29.8. The minimum atomic E-state index is -0.892. The number of carbonyl (C=O) groups excluding carboxylic acids is 1. The number of allylic oxidation sites excluding steroid dienone is 6. The van der Waals surface area contributed by atoms with E-state index in [-0.39, 0.29) is 29.3 Å². The molecule has 2 rings (SSSR count). The van der Waals surface area contributed by atoms with Crippen LogP contribution in [-0.4, -0.2) is 66.5 Å². The SMILES string of the molecule is C=C/C(Cl)=C\C/C(C)=C(\C)CN=C(C(CC1=CC([N+](=O)[O-])CC(OC/C(C)=C/C)C=C1)NC(=O)C1CCCCC1)N(C)CCCC. The van der Waals surface area contributed by atoms with E-state index < -0.39 is 12.1 Å². The fourth-order valence-electron chi connectivity index (χ4n) is 5.59. The monoisotopic (exact) mass is 656 g/mol. The molecule has 0 radical (unpaired) electrons. The van der Waals surface area contributed by atoms with Crippen LogP contribution in [-0.2, 0) is 9.53 Å². The highest BCUT2D eigenvalue weighted by Gasteiger charge is 2.30. The molecule has 46 heavy (non-hydrogen) atoms. The minimum Gasteiger partial charge on any atom is -0.370 e. The maximum absolute atomic E-state index is 13.7. The fraction of sp³-hybridized carbons (Fsp3) is 0.622. The molecule has 3 atom stereocenters. The number of hydrogen-bond donors (Lipinski definition) is 1. The Labute approximate surface area is 282 Å². The van der Waals surface area contributed by atoms with Crippen molar-refractivity contribution in [3.8, 4) is 0 Å². The first-order chi connectivity index (χ1) is 22.0. The van der Waals surface area contributed by atoms with E-state index in [1.807, 2.05) is 45.2 Å². The maximum atomic E-state index is 13.7. The zero-order chi connectivity index (χ0) is 34.1. The number of aliphatic imine (C=N–C) groups is 1. The lowest BCUT2D eigenvalue weighted by molar-refractivity contribution is -0.511. The molecule has 8 nitrogen and oxygen atoms in total. The van der Waals surface area contributed by atoms with Gasteiger partial charge in [-0.25, -0.2) is 0 Å². The van der Waals surface area contributed by atoms with Crippen LogP contribution in [0.25, 0.3) is 0 Å². The first-order valence-corrected chi connectivity index (χ1v) is 17.3. The highest BCUT2D eigenvalue weighted by Crippen LogP contribution is 2.26. The normalized spacial score (nSPS) is 21.2. The highest BCUT2D eigenvalue weighted by atomic mass is 35.5. The lowest BCUT2D eigenvalue weighted by atomic mass is 9.88. The molecule has 0 aromatic carbocycles. The van der Waals surface area contributed by atoms with Gasteiger partial charge in [0.05, 0.1) is 25.3 Å². The number of amidine groups is 1. The van der Waals surface area contributed by atoms with Gasteiger partial charge in [0.25, 0.3) is 0 Å². The summed E-state index contributed by atoms with van der Waals surface area (Å²) >= 11 is 6.15. The van der Waals surface area contributed by atoms with Crippen LogP contribution in [0, 0.1) is 16.0 Å². The molecule has 1 fully saturated rings. The van der Waals surface area contributed by atoms with Gasteiger partial charge in [-0.05, 0) is 71.4 Å². The molecule has 1 amide bonds. The van der Waals surface area contributed by atoms with E-state index in [0.29, 0.717) is 31.0 Å². The fourth-order valence-corrected chi connectivity index (χ4v) is 5.67. The van der Waals surface area contributed by atoms with E-state index in [4.69, 9.17) is 21.3 Å². The average molecular weight is 657 g/mol. The van der Waals surface area contributed by atoms with Gasteiger partial charge >= 0.3 is 0 Å². The van der Waals surface area contributed by atoms with Crippen LogP contribution in [0.4, 0.5) is 0 Å². The van der Waals surface area contributed by atoms with Crippen LogP contribution in [0.1, 0.15) is 98.8 Å². The Bertz CT molecular complexity index is 1210. The predicted octanol–water partition coefficient (Wildman–Crippen LogP) is 8.49. The molecule has 1 saturated carbocycles. The van der Waals surface area contributed by atoms with Gasteiger partial charge in [0.15, 0.2) is 0 Å². The molecule has 256 valence electrons. The van der Waals surface area contributed by atoms with Crippen molar-refractivity contribution < 1.29 is 14.5 Å². The number of nitro groups is 1. The van der Waals surface area contributed by atoms with Gasteiger partial charge in [0.1, 0.15) is 5.84 Å². The number of likely N-dealkylation sites (N-methyl/N-ethyl adjacent to an activating group) is 1. The van der Waals surface area contributed by atoms with Crippen molar-refractivity contribution in [2.24, 2.45) is 10.9 Å². The standard InChI is InChI=1S/C37H57ClN4O4/c1-8-11-21-41(7)36(39-25-29(6)28(5)17-19-32(38)10-3)35(40-37(43)31-15-13-12-14-16-31)23-30-18-20-34(46-26-27(4)9-2)24-33(22-30)42(44)45/h9-10,18-20,22,31,33-35H,3,8,11-17,21,23-26H2,1-2,4-7H3,(H,40,43)/b27-9+,29-28+,32-19+,39-36?. The summed E-state index contributed by atoms with van der Waals surface area (Å²) in [4.78, 5) is 32.9. The molecular weight excluding hydrogens is 600 g/mol. The van der Waals surface area contributed by atoms with Crippen molar-refractivity contribution in [3.63, 3.8) is 0 Å². The Hall–Kier alpha value is -2.97. The Morgan fingerprint density at radius 3 is 2.61 bits per heavy atom. The maximum Gasteiger partial charge on any atom is 0.234 e. The van der Waals surface area contributed by atoms with Crippen molar-refractivity contribution in [2.45, 2.75) is 117 Å². The van der Waals surface area contributed by atoms with Gasteiger partial charge in [-0.1, -0.05) is 97.9 Å². The number of halogens is 1. The molecule has 0 spiro atoms. The van der Waals surface area contributed by atoms with E-state index in [1.54, 1.807) is 12.2 Å². The summed E-state index contributed by atoms with van der Waals surface area (Å²) in [5.74, 6) is 0.805. The van der Waals surface area contributed by atoms with Crippen molar-refractivity contribution in [1.82, 2.24) is 10.2 Å². The largest absolute Gasteiger partial charge is 0.370 e. The average Bonchev–Trinajstić information content (AvgIpc) is 3.27. The van der Waals surface area contributed by atoms with Gasteiger partial charge in [-0.3, -0.25) is 19.9 Å². The summed E-state index contributed by atoms with van der Waals surface area (Å²) in [6.45, 7) is 15.6. The van der Waals surface area contributed by atoms with Gasteiger partial charge in [0.2, 0.25) is 11.9 Å². The number of amides is 1. The van der Waals surface area contributed by atoms with Gasteiger partial charge in [0, 0.05) is 35.9 Å². The predicted molar refractivity (Wildman–Crippen MR) is 192 cm³/mol. The van der Waals surface area contributed by atoms with E-state index in [2.05, 4.69) is 37.6 Å². The second-order valence-electron chi connectivity index (χ2n) is 12.8. The minimum absolute atomic E-state index is 0.0264. The molecule has 3 unspecified atom stereocenters. The molecule has 0 aromatic rings. The van der Waals surface area contributed by atoms with Crippen LogP contribution < -0.4 is 5.32 Å². The molecule has 2 aliphatic rings. The second-order valence-corrected chi connectivity index (χ2v) is 13.2. The Morgan fingerprint density at radius 1 is 1.26 bits per heavy atom. The molecule has 0 saturated heterocycles. The molecule has 0 aliphatic heterocycles. The molecule has 1 N–H and O–H groups in total. The third-order valence-electron chi connectivity index (χ3n) is 8.98. The van der Waals surface area contributed by atoms with Crippen molar-refractivity contribution in [3.05, 3.63) is 80.5 Å². The molecule has 2 aliphatic carbocycles. The summed E-state index contributed by atoms with van der Waals surface area (Å²) < 4.78 is 6.03. The second kappa shape index (κ2) is 21.0. The van der Waals surface area contributed by atoms with Gasteiger partial charge in [-0.2, -0.15) is 0 Å². The van der Waals surface area contributed by atoms with Crippen molar-refractivity contribution in [1.29, 1.82) is 0 Å². The van der Waals surface area contributed by atoms with E-state index in [9.17, 15) is 14.9 Å². The highest BCUT2D eigenvalue weighted by molar-refractivity contribution is 6.31. The number of ether oxygens (including phenoxy) is 1. The first-order valence-electron chi connectivity index (χ1n) is 16.9. The third-order valence-corrected chi connectivity index (χ3v) is 9.29. The van der Waals surface area contributed by atoms with Crippen LogP contribution in [0.5, 0.6) is 0 Å². The number of carbonyl (C=O) groups is 1. The number of nitrogens with zero attached hydrogens (tertiary/aromatic N) is 3. The quantitative estimate of drug-likeness (QED) is 0.0423. The summed E-state index contributed by atoms with van der Waals surface area (Å²) in [7, 11) is 2.03. The summed E-state index contributed by atoms with van der Waals surface area (Å²) in [6, 6.07) is -1.33. The number of hydrogen-bond acceptors (Lipinski definition) is 5. The number of unbranched alkanes of at least 4 members (excludes halogenated alkanes) is 1. The molecule has 0 bridgehead atoms. The molecule has 0 heterocycles. The van der Waals surface area contributed by atoms with E-state index in [1.165, 1.54) is 5.57 Å².